The van der Waals surface area contributed by atoms with Gasteiger partial charge in [-0.15, -0.1) is 0 Å². The first-order valence-electron chi connectivity index (χ1n) is 9.90. The van der Waals surface area contributed by atoms with E-state index in [1.54, 1.807) is 0 Å². The van der Waals surface area contributed by atoms with Crippen molar-refractivity contribution in [2.45, 2.75) is 75.9 Å². The van der Waals surface area contributed by atoms with Gasteiger partial charge >= 0.3 is 23.9 Å². The summed E-state index contributed by atoms with van der Waals surface area (Å²) in [7, 11) is 0. The number of rotatable bonds is 5. The highest BCUT2D eigenvalue weighted by Gasteiger charge is 2.76. The molecule has 0 saturated heterocycles. The van der Waals surface area contributed by atoms with Crippen LogP contribution in [0.1, 0.15) is 66.0 Å². The molecule has 2 aliphatic carbocycles. The predicted molar refractivity (Wildman–Crippen MR) is 96.7 cm³/mol. The number of alkyl halides is 7. The van der Waals surface area contributed by atoms with Crippen LogP contribution in [0.5, 0.6) is 0 Å². The monoisotopic (exact) mass is 471 g/mol. The lowest BCUT2D eigenvalue weighted by Crippen LogP contribution is -2.58. The largest absolute Gasteiger partial charge is 0.460 e. The van der Waals surface area contributed by atoms with E-state index in [-0.39, 0.29) is 35.3 Å². The van der Waals surface area contributed by atoms with E-state index < -0.39 is 29.8 Å². The molecule has 1 aromatic heterocycles. The summed E-state index contributed by atoms with van der Waals surface area (Å²) in [6.07, 6.45) is -2.21. The lowest BCUT2D eigenvalue weighted by atomic mass is 9.93. The first-order chi connectivity index (χ1) is 14.8. The molecule has 0 unspecified atom stereocenters. The van der Waals surface area contributed by atoms with Gasteiger partial charge in [-0.3, -0.25) is 9.59 Å². The average molecular weight is 471 g/mol. The second-order valence-corrected chi connectivity index (χ2v) is 7.81. The summed E-state index contributed by atoms with van der Waals surface area (Å²) in [4.78, 5) is 24.0. The highest BCUT2D eigenvalue weighted by Crippen LogP contribution is 2.46. The minimum Gasteiger partial charge on any atom is -0.455 e. The van der Waals surface area contributed by atoms with Gasteiger partial charge in [-0.1, -0.05) is 12.8 Å². The van der Waals surface area contributed by atoms with E-state index in [2.05, 4.69) is 10.4 Å². The van der Waals surface area contributed by atoms with E-state index in [0.29, 0.717) is 18.4 Å². The van der Waals surface area contributed by atoms with Crippen molar-refractivity contribution in [3.05, 3.63) is 22.6 Å². The molecule has 2 amide bonds. The predicted octanol–water partition coefficient (Wildman–Crippen LogP) is 4.25. The van der Waals surface area contributed by atoms with Crippen LogP contribution in [-0.2, 0) is 11.2 Å². The number of nitrogens with zero attached hydrogens (tertiary/aromatic N) is 1. The van der Waals surface area contributed by atoms with Gasteiger partial charge < -0.3 is 9.73 Å². The number of aryl methyl sites for hydroxylation is 1. The molecule has 0 spiro atoms. The Morgan fingerprint density at radius 1 is 1.00 bits per heavy atom. The fraction of sp³-hybridized carbons (Fsp3) is 0.632. The zero-order valence-corrected chi connectivity index (χ0v) is 16.8. The molecule has 0 aromatic carbocycles. The number of hydrazone groups is 1. The third-order valence-electron chi connectivity index (χ3n) is 5.55. The molecule has 1 heterocycles. The van der Waals surface area contributed by atoms with Gasteiger partial charge in [0.1, 0.15) is 5.76 Å². The number of halogens is 7. The topological polar surface area (TPSA) is 83.7 Å². The molecule has 1 saturated carbocycles. The van der Waals surface area contributed by atoms with Crippen molar-refractivity contribution < 1.29 is 44.7 Å². The maximum atomic E-state index is 13.5. The number of furan rings is 1. The van der Waals surface area contributed by atoms with E-state index in [1.165, 1.54) is 6.92 Å². The van der Waals surface area contributed by atoms with Crippen LogP contribution in [0, 0.1) is 6.92 Å². The highest BCUT2D eigenvalue weighted by molar-refractivity contribution is 6.06. The zero-order chi connectivity index (χ0) is 23.9. The van der Waals surface area contributed by atoms with E-state index >= 15 is 0 Å². The van der Waals surface area contributed by atoms with Gasteiger partial charge in [0.2, 0.25) is 0 Å². The molecule has 178 valence electrons. The van der Waals surface area contributed by atoms with Crippen LogP contribution in [0.2, 0.25) is 0 Å². The van der Waals surface area contributed by atoms with Crippen LogP contribution in [0.3, 0.4) is 0 Å². The Balaban J connectivity index is 1.82. The van der Waals surface area contributed by atoms with Crippen LogP contribution in [0.4, 0.5) is 30.7 Å². The van der Waals surface area contributed by atoms with Crippen LogP contribution in [0.15, 0.2) is 9.52 Å². The van der Waals surface area contributed by atoms with Crippen molar-refractivity contribution in [1.82, 2.24) is 10.7 Å². The van der Waals surface area contributed by atoms with Gasteiger partial charge in [0, 0.05) is 23.6 Å². The fourth-order valence-corrected chi connectivity index (χ4v) is 3.83. The third-order valence-corrected chi connectivity index (χ3v) is 5.55. The Morgan fingerprint density at radius 2 is 1.62 bits per heavy atom. The summed E-state index contributed by atoms with van der Waals surface area (Å²) in [6.45, 7) is 1.50. The second-order valence-electron chi connectivity index (χ2n) is 7.81. The lowest BCUT2D eigenvalue weighted by Gasteiger charge is -2.26. The second kappa shape index (κ2) is 8.39. The molecule has 6 nitrogen and oxygen atoms in total. The van der Waals surface area contributed by atoms with Crippen LogP contribution in [0.25, 0.3) is 0 Å². The molecule has 3 rings (SSSR count). The van der Waals surface area contributed by atoms with Gasteiger partial charge in [-0.2, -0.15) is 35.8 Å². The van der Waals surface area contributed by atoms with Crippen molar-refractivity contribution in [1.29, 1.82) is 0 Å². The van der Waals surface area contributed by atoms with Crippen molar-refractivity contribution >= 4 is 17.5 Å². The molecule has 2 N–H and O–H groups in total. The van der Waals surface area contributed by atoms with Crippen LogP contribution in [-0.4, -0.2) is 41.6 Å². The fourth-order valence-electron chi connectivity index (χ4n) is 3.83. The summed E-state index contributed by atoms with van der Waals surface area (Å²) < 4.78 is 95.5. The number of carbonyl (C=O) groups excluding carboxylic acids is 2. The van der Waals surface area contributed by atoms with Gasteiger partial charge in [0.25, 0.3) is 5.91 Å². The molecule has 0 atom stereocenters. The highest BCUT2D eigenvalue weighted by atomic mass is 19.4. The summed E-state index contributed by atoms with van der Waals surface area (Å²) in [6, 6.07) is -0.00557. The van der Waals surface area contributed by atoms with Crippen molar-refractivity contribution in [2.24, 2.45) is 5.10 Å². The maximum absolute atomic E-state index is 13.5. The first kappa shape index (κ1) is 24.1. The standard InChI is InChI=1S/C19H20F7N3O3/c1-9-13-11(28-29-16(31)17(20,21)18(22,23)19(24,25)26)7-4-8-12(13)32-14(9)15(30)27-10-5-2-3-6-10/h10H,2-8H2,1H3,(H,27,30)(H,29,31)/b28-11+. The zero-order valence-electron chi connectivity index (χ0n) is 16.8. The molecule has 1 fully saturated rings. The number of hydrogen-bond donors (Lipinski definition) is 2. The van der Waals surface area contributed by atoms with Crippen LogP contribution >= 0.6 is 0 Å². The van der Waals surface area contributed by atoms with Gasteiger partial charge in [0.05, 0.1) is 5.71 Å². The molecular weight excluding hydrogens is 451 g/mol. The Morgan fingerprint density at radius 3 is 2.22 bits per heavy atom. The SMILES string of the molecule is Cc1c(C(=O)NC2CCCC2)oc2c1/C(=N/NC(=O)C(F)(F)C(F)(F)C(F)(F)F)CCC2. The smallest absolute Gasteiger partial charge is 0.455 e. The molecule has 0 radical (unpaired) electrons. The maximum Gasteiger partial charge on any atom is 0.460 e. The van der Waals surface area contributed by atoms with Crippen LogP contribution < -0.4 is 10.7 Å². The normalized spacial score (nSPS) is 19.2. The van der Waals surface area contributed by atoms with E-state index in [4.69, 9.17) is 4.42 Å². The first-order valence-corrected chi connectivity index (χ1v) is 9.90. The van der Waals surface area contributed by atoms with E-state index in [9.17, 15) is 40.3 Å². The lowest BCUT2D eigenvalue weighted by molar-refractivity contribution is -0.344. The number of carbonyl (C=O) groups is 2. The molecule has 2 aliphatic rings. The quantitative estimate of drug-likeness (QED) is 0.498. The molecule has 32 heavy (non-hydrogen) atoms. The third kappa shape index (κ3) is 4.20. The van der Waals surface area contributed by atoms with Gasteiger partial charge in [-0.25, -0.2) is 5.43 Å². The Bertz CT molecular complexity index is 931. The average Bonchev–Trinajstić information content (AvgIpc) is 3.33. The van der Waals surface area contributed by atoms with Crippen molar-refractivity contribution in [2.75, 3.05) is 0 Å². The Kier molecular flexibility index (Phi) is 6.31. The molecule has 13 heteroatoms. The van der Waals surface area contributed by atoms with E-state index in [1.807, 2.05) is 0 Å². The summed E-state index contributed by atoms with van der Waals surface area (Å²) in [5.41, 5.74) is 1.59. The van der Waals surface area contributed by atoms with E-state index in [0.717, 1.165) is 31.1 Å². The number of amides is 2. The number of fused-ring (bicyclic) bond motifs is 1. The van der Waals surface area contributed by atoms with Crippen molar-refractivity contribution in [3.63, 3.8) is 0 Å². The minimum absolute atomic E-state index is 0.00557. The summed E-state index contributed by atoms with van der Waals surface area (Å²) in [5, 5.41) is 6.20. The van der Waals surface area contributed by atoms with Gasteiger partial charge in [-0.05, 0) is 32.6 Å². The summed E-state index contributed by atoms with van der Waals surface area (Å²) in [5.74, 6) is -15.8. The van der Waals surface area contributed by atoms with Crippen molar-refractivity contribution in [3.8, 4) is 0 Å². The minimum atomic E-state index is -6.64. The number of nitrogens with one attached hydrogen (secondary N) is 2. The molecule has 1 aromatic rings. The Labute approximate surface area is 177 Å². The Hall–Kier alpha value is -2.60. The summed E-state index contributed by atoms with van der Waals surface area (Å²) >= 11 is 0. The molecule has 0 aliphatic heterocycles. The molecule has 0 bridgehead atoms. The van der Waals surface area contributed by atoms with Gasteiger partial charge in [0.15, 0.2) is 5.76 Å². The molecular formula is C19H20F7N3O3. The number of hydrogen-bond acceptors (Lipinski definition) is 4.